The van der Waals surface area contributed by atoms with Gasteiger partial charge in [0, 0.05) is 13.0 Å². The first-order chi connectivity index (χ1) is 10.3. The first-order valence-electron chi connectivity index (χ1n) is 9.43. The van der Waals surface area contributed by atoms with Crippen LogP contribution in [0.25, 0.3) is 0 Å². The minimum Gasteiger partial charge on any atom is -0.396 e. The summed E-state index contributed by atoms with van der Waals surface area (Å²) in [6.45, 7) is 11.4. The number of aliphatic hydroxyl groups is 1. The highest BCUT2D eigenvalue weighted by Gasteiger charge is 2.25. The van der Waals surface area contributed by atoms with E-state index in [1.807, 2.05) is 0 Å². The van der Waals surface area contributed by atoms with Crippen LogP contribution in [0.4, 0.5) is 0 Å². The SMILES string of the molecule is C.C.C.C.CC(=O)CC1CCC(C)C(C)C1.CC1CCC(CO)CC1C. The molecule has 0 radical (unpaired) electrons. The number of hydrogen-bond acceptors (Lipinski definition) is 2. The van der Waals surface area contributed by atoms with Crippen molar-refractivity contribution in [3.05, 3.63) is 0 Å². The van der Waals surface area contributed by atoms with Crippen molar-refractivity contribution in [2.24, 2.45) is 35.5 Å². The van der Waals surface area contributed by atoms with Crippen LogP contribution in [0.5, 0.6) is 0 Å². The van der Waals surface area contributed by atoms with Crippen molar-refractivity contribution >= 4 is 5.78 Å². The Hall–Kier alpha value is -0.370. The van der Waals surface area contributed by atoms with Gasteiger partial charge in [-0.3, -0.25) is 0 Å². The van der Waals surface area contributed by atoms with Gasteiger partial charge in [0.25, 0.3) is 0 Å². The zero-order valence-corrected chi connectivity index (χ0v) is 15.5. The standard InChI is InChI=1S/C11H20O.C9H18O.4CH4/c1-8-4-5-11(6-9(8)2)7-10(3)12;1-7-3-4-9(6-10)5-8(7)2;;;;/h8-9,11H,4-7H2,1-3H3;7-10H,3-6H2,1-2H3;4*1H4. The molecule has 26 heavy (non-hydrogen) atoms. The highest BCUT2D eigenvalue weighted by molar-refractivity contribution is 5.75. The minimum atomic E-state index is 0. The fourth-order valence-electron chi connectivity index (χ4n) is 4.08. The molecule has 2 heteroatoms. The van der Waals surface area contributed by atoms with Gasteiger partial charge in [0.2, 0.25) is 0 Å². The quantitative estimate of drug-likeness (QED) is 0.551. The van der Waals surface area contributed by atoms with Crippen LogP contribution in [0.3, 0.4) is 0 Å². The summed E-state index contributed by atoms with van der Waals surface area (Å²) in [5.41, 5.74) is 0. The molecule has 6 atom stereocenters. The molecule has 0 aromatic heterocycles. The van der Waals surface area contributed by atoms with Gasteiger partial charge >= 0.3 is 0 Å². The predicted octanol–water partition coefficient (Wildman–Crippen LogP) is 7.63. The van der Waals surface area contributed by atoms with Crippen LogP contribution in [-0.4, -0.2) is 17.5 Å². The van der Waals surface area contributed by atoms with Gasteiger partial charge < -0.3 is 9.90 Å². The van der Waals surface area contributed by atoms with Crippen molar-refractivity contribution in [2.45, 2.75) is 109 Å². The lowest BCUT2D eigenvalue weighted by molar-refractivity contribution is -0.118. The number of Topliss-reactive ketones (excluding diaryl/α,β-unsaturated/α-hetero) is 1. The van der Waals surface area contributed by atoms with E-state index in [1.165, 1.54) is 38.5 Å². The molecule has 2 aliphatic rings. The largest absolute Gasteiger partial charge is 0.396 e. The summed E-state index contributed by atoms with van der Waals surface area (Å²) >= 11 is 0. The molecule has 162 valence electrons. The number of ketones is 1. The molecule has 2 saturated carbocycles. The Balaban J connectivity index is -0.000000163. The molecule has 0 aromatic carbocycles. The summed E-state index contributed by atoms with van der Waals surface area (Å²) in [5.74, 6) is 5.05. The third-order valence-electron chi connectivity index (χ3n) is 6.25. The number of carbonyl (C=O) groups is 1. The summed E-state index contributed by atoms with van der Waals surface area (Å²) in [4.78, 5) is 10.9. The Bertz CT molecular complexity index is 326. The molecule has 1 N–H and O–H groups in total. The lowest BCUT2D eigenvalue weighted by Gasteiger charge is -2.31. The predicted molar refractivity (Wildman–Crippen MR) is 121 cm³/mol. The van der Waals surface area contributed by atoms with E-state index in [1.54, 1.807) is 6.92 Å². The van der Waals surface area contributed by atoms with E-state index in [0.29, 0.717) is 24.2 Å². The molecule has 2 nitrogen and oxygen atoms in total. The van der Waals surface area contributed by atoms with E-state index < -0.39 is 0 Å². The van der Waals surface area contributed by atoms with Gasteiger partial charge in [-0.1, -0.05) is 70.2 Å². The van der Waals surface area contributed by atoms with Gasteiger partial charge in [-0.25, -0.2) is 0 Å². The van der Waals surface area contributed by atoms with E-state index in [-0.39, 0.29) is 29.7 Å². The van der Waals surface area contributed by atoms with E-state index in [0.717, 1.165) is 30.1 Å². The fourth-order valence-corrected chi connectivity index (χ4v) is 4.08. The Morgan fingerprint density at radius 2 is 1.12 bits per heavy atom. The molecule has 0 bridgehead atoms. The fraction of sp³-hybridized carbons (Fsp3) is 0.958. The maximum Gasteiger partial charge on any atom is 0.130 e. The lowest BCUT2D eigenvalue weighted by atomic mass is 9.74. The monoisotopic (exact) mass is 374 g/mol. The third-order valence-corrected chi connectivity index (χ3v) is 6.25. The van der Waals surface area contributed by atoms with E-state index >= 15 is 0 Å². The summed E-state index contributed by atoms with van der Waals surface area (Å²) in [6, 6.07) is 0. The maximum absolute atomic E-state index is 10.9. The van der Waals surface area contributed by atoms with E-state index in [9.17, 15) is 4.79 Å². The molecule has 0 heterocycles. The van der Waals surface area contributed by atoms with Gasteiger partial charge in [0.05, 0.1) is 0 Å². The van der Waals surface area contributed by atoms with Crippen LogP contribution in [0.15, 0.2) is 0 Å². The average Bonchev–Trinajstić information content (AvgIpc) is 2.46. The van der Waals surface area contributed by atoms with Gasteiger partial charge in [0.1, 0.15) is 5.78 Å². The molecule has 2 aliphatic carbocycles. The van der Waals surface area contributed by atoms with Crippen LogP contribution < -0.4 is 0 Å². The van der Waals surface area contributed by atoms with Gasteiger partial charge in [-0.2, -0.15) is 0 Å². The molecule has 0 aliphatic heterocycles. The Kier molecular flexibility index (Phi) is 21.4. The Morgan fingerprint density at radius 3 is 1.46 bits per heavy atom. The molecule has 6 unspecified atom stereocenters. The summed E-state index contributed by atoms with van der Waals surface area (Å²) in [5, 5.41) is 8.90. The normalized spacial score (nSPS) is 32.8. The molecular formula is C24H54O2. The summed E-state index contributed by atoms with van der Waals surface area (Å²) in [7, 11) is 0. The molecule has 0 aromatic rings. The second kappa shape index (κ2) is 16.8. The molecule has 2 rings (SSSR count). The van der Waals surface area contributed by atoms with Crippen molar-refractivity contribution < 1.29 is 9.90 Å². The van der Waals surface area contributed by atoms with E-state index in [2.05, 4.69) is 27.7 Å². The average molecular weight is 375 g/mol. The molecule has 2 fully saturated rings. The summed E-state index contributed by atoms with van der Waals surface area (Å²) in [6.07, 6.45) is 8.45. The zero-order valence-electron chi connectivity index (χ0n) is 15.5. The van der Waals surface area contributed by atoms with Crippen molar-refractivity contribution in [1.82, 2.24) is 0 Å². The Labute approximate surface area is 167 Å². The number of carbonyl (C=O) groups excluding carboxylic acids is 1. The topological polar surface area (TPSA) is 37.3 Å². The number of hydrogen-bond donors (Lipinski definition) is 1. The van der Waals surface area contributed by atoms with Crippen LogP contribution in [-0.2, 0) is 4.79 Å². The maximum atomic E-state index is 10.9. The second-order valence-corrected chi connectivity index (χ2v) is 8.36. The zero-order chi connectivity index (χ0) is 16.7. The molecule has 0 saturated heterocycles. The minimum absolute atomic E-state index is 0. The Morgan fingerprint density at radius 1 is 0.731 bits per heavy atom. The van der Waals surface area contributed by atoms with Crippen molar-refractivity contribution in [1.29, 1.82) is 0 Å². The first-order valence-corrected chi connectivity index (χ1v) is 9.43. The van der Waals surface area contributed by atoms with Crippen LogP contribution in [0.2, 0.25) is 0 Å². The molecular weight excluding hydrogens is 320 g/mol. The lowest BCUT2D eigenvalue weighted by Crippen LogP contribution is -2.22. The van der Waals surface area contributed by atoms with Crippen molar-refractivity contribution in [2.75, 3.05) is 6.61 Å². The van der Waals surface area contributed by atoms with Gasteiger partial charge in [0.15, 0.2) is 0 Å². The van der Waals surface area contributed by atoms with Crippen molar-refractivity contribution in [3.63, 3.8) is 0 Å². The smallest absolute Gasteiger partial charge is 0.130 e. The van der Waals surface area contributed by atoms with Gasteiger partial charge in [-0.15, -0.1) is 0 Å². The number of rotatable bonds is 3. The molecule has 0 spiro atoms. The highest BCUT2D eigenvalue weighted by atomic mass is 16.3. The van der Waals surface area contributed by atoms with Gasteiger partial charge in [-0.05, 0) is 68.1 Å². The van der Waals surface area contributed by atoms with Crippen molar-refractivity contribution in [3.8, 4) is 0 Å². The third kappa shape index (κ3) is 12.1. The number of aliphatic hydroxyl groups excluding tert-OH is 1. The molecule has 0 amide bonds. The second-order valence-electron chi connectivity index (χ2n) is 8.36. The van der Waals surface area contributed by atoms with Crippen LogP contribution in [0, 0.1) is 35.5 Å². The van der Waals surface area contributed by atoms with Crippen LogP contribution >= 0.6 is 0 Å². The van der Waals surface area contributed by atoms with Crippen LogP contribution in [0.1, 0.15) is 109 Å². The highest BCUT2D eigenvalue weighted by Crippen LogP contribution is 2.35. The first kappa shape index (κ1) is 33.2. The summed E-state index contributed by atoms with van der Waals surface area (Å²) < 4.78 is 0. The van der Waals surface area contributed by atoms with E-state index in [4.69, 9.17) is 5.11 Å².